The van der Waals surface area contributed by atoms with Gasteiger partial charge in [-0.2, -0.15) is 0 Å². The van der Waals surface area contributed by atoms with Gasteiger partial charge in [0, 0.05) is 26.2 Å². The van der Waals surface area contributed by atoms with Gasteiger partial charge in [0.1, 0.15) is 5.82 Å². The van der Waals surface area contributed by atoms with E-state index < -0.39 is 0 Å². The molecule has 0 radical (unpaired) electrons. The average Bonchev–Trinajstić information content (AvgIpc) is 2.54. The van der Waals surface area contributed by atoms with E-state index in [9.17, 15) is 14.0 Å². The second kappa shape index (κ2) is 9.47. The average molecular weight is 344 g/mol. The molecule has 1 heterocycles. The van der Waals surface area contributed by atoms with Gasteiger partial charge in [0.15, 0.2) is 0 Å². The highest BCUT2D eigenvalue weighted by Gasteiger charge is 2.28. The van der Waals surface area contributed by atoms with Crippen LogP contribution in [-0.4, -0.2) is 42.9 Å². The number of benzene rings is 1. The summed E-state index contributed by atoms with van der Waals surface area (Å²) < 4.78 is 12.9. The molecule has 7 heteroatoms. The van der Waals surface area contributed by atoms with Crippen molar-refractivity contribution in [1.29, 1.82) is 0 Å². The number of piperidine rings is 1. The van der Waals surface area contributed by atoms with E-state index in [0.717, 1.165) is 18.4 Å². The van der Waals surface area contributed by atoms with E-state index in [-0.39, 0.29) is 42.4 Å². The second-order valence-electron chi connectivity index (χ2n) is 5.56. The fourth-order valence-corrected chi connectivity index (χ4v) is 2.65. The molecule has 23 heavy (non-hydrogen) atoms. The highest BCUT2D eigenvalue weighted by Crippen LogP contribution is 2.18. The quantitative estimate of drug-likeness (QED) is 0.840. The number of hydrogen-bond donors (Lipinski definition) is 2. The van der Waals surface area contributed by atoms with Crippen molar-refractivity contribution in [3.63, 3.8) is 0 Å². The molecule has 2 rings (SSSR count). The van der Waals surface area contributed by atoms with Crippen LogP contribution in [0, 0.1) is 11.7 Å². The molecule has 0 aliphatic carbocycles. The zero-order valence-electron chi connectivity index (χ0n) is 13.0. The normalized spacial score (nSPS) is 17.3. The third-order valence-electron chi connectivity index (χ3n) is 3.86. The first kappa shape index (κ1) is 19.4. The Hall–Kier alpha value is -1.66. The predicted octanol–water partition coefficient (Wildman–Crippen LogP) is 1.10. The second-order valence-corrected chi connectivity index (χ2v) is 5.56. The van der Waals surface area contributed by atoms with Gasteiger partial charge in [-0.3, -0.25) is 9.59 Å². The van der Waals surface area contributed by atoms with E-state index in [4.69, 9.17) is 5.73 Å². The van der Waals surface area contributed by atoms with Crippen LogP contribution in [0.15, 0.2) is 24.3 Å². The molecule has 2 amide bonds. The molecular formula is C16H23ClFN3O2. The number of nitrogens with zero attached hydrogens (tertiary/aromatic N) is 1. The lowest BCUT2D eigenvalue weighted by Gasteiger charge is -2.32. The largest absolute Gasteiger partial charge is 0.355 e. The molecule has 0 bridgehead atoms. The van der Waals surface area contributed by atoms with Crippen molar-refractivity contribution < 1.29 is 14.0 Å². The Morgan fingerprint density at radius 2 is 2.00 bits per heavy atom. The Morgan fingerprint density at radius 1 is 1.30 bits per heavy atom. The highest BCUT2D eigenvalue weighted by molar-refractivity contribution is 5.85. The number of nitrogens with two attached hydrogens (primary N) is 1. The van der Waals surface area contributed by atoms with Crippen LogP contribution in [-0.2, 0) is 16.0 Å². The molecule has 3 N–H and O–H groups in total. The first-order valence-corrected chi connectivity index (χ1v) is 7.60. The van der Waals surface area contributed by atoms with Gasteiger partial charge in [-0.1, -0.05) is 12.1 Å². The molecule has 1 aliphatic rings. The van der Waals surface area contributed by atoms with Crippen molar-refractivity contribution in [3.8, 4) is 0 Å². The smallest absolute Gasteiger partial charge is 0.227 e. The Bertz CT molecular complexity index is 525. The van der Waals surface area contributed by atoms with Crippen molar-refractivity contribution in [2.24, 2.45) is 11.7 Å². The molecular weight excluding hydrogens is 321 g/mol. The molecule has 1 unspecified atom stereocenters. The van der Waals surface area contributed by atoms with Crippen LogP contribution in [0.2, 0.25) is 0 Å². The minimum Gasteiger partial charge on any atom is -0.355 e. The van der Waals surface area contributed by atoms with E-state index >= 15 is 0 Å². The summed E-state index contributed by atoms with van der Waals surface area (Å²) in [6, 6.07) is 5.93. The summed E-state index contributed by atoms with van der Waals surface area (Å²) in [7, 11) is 0. The van der Waals surface area contributed by atoms with E-state index in [2.05, 4.69) is 5.32 Å². The monoisotopic (exact) mass is 343 g/mol. The Kier molecular flexibility index (Phi) is 7.98. The lowest BCUT2D eigenvalue weighted by Crippen LogP contribution is -2.46. The summed E-state index contributed by atoms with van der Waals surface area (Å²) in [5.41, 5.74) is 6.15. The minimum absolute atomic E-state index is 0. The summed E-state index contributed by atoms with van der Waals surface area (Å²) in [4.78, 5) is 26.0. The Morgan fingerprint density at radius 3 is 2.65 bits per heavy atom. The maximum Gasteiger partial charge on any atom is 0.227 e. The summed E-state index contributed by atoms with van der Waals surface area (Å²) in [5, 5.41) is 2.77. The van der Waals surface area contributed by atoms with Gasteiger partial charge in [-0.15, -0.1) is 12.4 Å². The van der Waals surface area contributed by atoms with Gasteiger partial charge < -0.3 is 16.0 Å². The lowest BCUT2D eigenvalue weighted by molar-refractivity contribution is -0.135. The maximum absolute atomic E-state index is 12.9. The zero-order valence-corrected chi connectivity index (χ0v) is 13.8. The molecule has 1 aromatic carbocycles. The van der Waals surface area contributed by atoms with Crippen LogP contribution in [0.5, 0.6) is 0 Å². The molecule has 1 aromatic rings. The van der Waals surface area contributed by atoms with E-state index in [1.807, 2.05) is 0 Å². The van der Waals surface area contributed by atoms with Crippen LogP contribution in [0.25, 0.3) is 0 Å². The third-order valence-corrected chi connectivity index (χ3v) is 3.86. The number of rotatable bonds is 5. The number of carbonyl (C=O) groups excluding carboxylic acids is 2. The van der Waals surface area contributed by atoms with Gasteiger partial charge in [0.05, 0.1) is 12.3 Å². The summed E-state index contributed by atoms with van der Waals surface area (Å²) in [5.74, 6) is -0.545. The standard InChI is InChI=1S/C16H22FN3O2.ClH/c17-14-5-3-12(4-6-14)10-15(21)20-9-1-2-13(11-20)16(22)19-8-7-18;/h3-6,13H,1-2,7-11,18H2,(H,19,22);1H. The van der Waals surface area contributed by atoms with Gasteiger partial charge in [0.25, 0.3) is 0 Å². The molecule has 0 spiro atoms. The van der Waals surface area contributed by atoms with Crippen molar-refractivity contribution in [2.75, 3.05) is 26.2 Å². The molecule has 5 nitrogen and oxygen atoms in total. The van der Waals surface area contributed by atoms with E-state index in [0.29, 0.717) is 26.2 Å². The molecule has 128 valence electrons. The van der Waals surface area contributed by atoms with E-state index in [1.165, 1.54) is 12.1 Å². The number of nitrogens with one attached hydrogen (secondary N) is 1. The van der Waals surface area contributed by atoms with Crippen LogP contribution in [0.3, 0.4) is 0 Å². The van der Waals surface area contributed by atoms with Gasteiger partial charge in [0.2, 0.25) is 11.8 Å². The SMILES string of the molecule is Cl.NCCNC(=O)C1CCCN(C(=O)Cc2ccc(F)cc2)C1. The molecule has 1 saturated heterocycles. The molecule has 0 aromatic heterocycles. The van der Waals surface area contributed by atoms with Crippen LogP contribution in [0.1, 0.15) is 18.4 Å². The fraction of sp³-hybridized carbons (Fsp3) is 0.500. The minimum atomic E-state index is -0.314. The van der Waals surface area contributed by atoms with Gasteiger partial charge >= 0.3 is 0 Å². The Labute approximate surface area is 141 Å². The van der Waals surface area contributed by atoms with Crippen molar-refractivity contribution >= 4 is 24.2 Å². The van der Waals surface area contributed by atoms with E-state index in [1.54, 1.807) is 17.0 Å². The maximum atomic E-state index is 12.9. The van der Waals surface area contributed by atoms with Gasteiger partial charge in [-0.25, -0.2) is 4.39 Å². The number of halogens is 2. The number of carbonyl (C=O) groups is 2. The highest BCUT2D eigenvalue weighted by atomic mass is 35.5. The Balaban J connectivity index is 0.00000264. The van der Waals surface area contributed by atoms with Crippen molar-refractivity contribution in [3.05, 3.63) is 35.6 Å². The third kappa shape index (κ3) is 5.80. The zero-order chi connectivity index (χ0) is 15.9. The summed E-state index contributed by atoms with van der Waals surface area (Å²) in [6.07, 6.45) is 1.84. The van der Waals surface area contributed by atoms with Crippen LogP contribution >= 0.6 is 12.4 Å². The van der Waals surface area contributed by atoms with Crippen LogP contribution < -0.4 is 11.1 Å². The molecule has 1 fully saturated rings. The molecule has 1 atom stereocenters. The number of hydrogen-bond acceptors (Lipinski definition) is 3. The summed E-state index contributed by atoms with van der Waals surface area (Å²) in [6.45, 7) is 1.97. The van der Waals surface area contributed by atoms with Gasteiger partial charge in [-0.05, 0) is 30.5 Å². The van der Waals surface area contributed by atoms with Crippen LogP contribution in [0.4, 0.5) is 4.39 Å². The number of likely N-dealkylation sites (tertiary alicyclic amines) is 1. The lowest BCUT2D eigenvalue weighted by atomic mass is 9.96. The topological polar surface area (TPSA) is 75.4 Å². The summed E-state index contributed by atoms with van der Waals surface area (Å²) >= 11 is 0. The first-order chi connectivity index (χ1) is 10.6. The molecule has 1 aliphatic heterocycles. The van der Waals surface area contributed by atoms with Crippen molar-refractivity contribution in [1.82, 2.24) is 10.2 Å². The first-order valence-electron chi connectivity index (χ1n) is 7.60. The van der Waals surface area contributed by atoms with Crippen molar-refractivity contribution in [2.45, 2.75) is 19.3 Å². The number of amides is 2. The fourth-order valence-electron chi connectivity index (χ4n) is 2.65. The molecule has 0 saturated carbocycles. The predicted molar refractivity (Wildman–Crippen MR) is 88.7 cm³/mol.